The lowest BCUT2D eigenvalue weighted by Crippen LogP contribution is -2.57. The molecule has 0 spiro atoms. The maximum Gasteiger partial charge on any atom is 0.490 e. The van der Waals surface area contributed by atoms with Gasteiger partial charge in [-0.2, -0.15) is 18.3 Å². The first-order valence-corrected chi connectivity index (χ1v) is 11.5. The number of nitrogens with one attached hydrogen (secondary N) is 2. The van der Waals surface area contributed by atoms with Crippen molar-refractivity contribution in [2.24, 2.45) is 0 Å². The van der Waals surface area contributed by atoms with Crippen LogP contribution in [0.15, 0.2) is 30.9 Å². The Labute approximate surface area is 210 Å². The van der Waals surface area contributed by atoms with Gasteiger partial charge in [0, 0.05) is 49.2 Å². The fourth-order valence-corrected chi connectivity index (χ4v) is 4.39. The third-order valence-corrected chi connectivity index (χ3v) is 6.11. The first-order valence-electron chi connectivity index (χ1n) is 11.5. The molecule has 0 atom stereocenters. The zero-order valence-corrected chi connectivity index (χ0v) is 20.5. The average Bonchev–Trinajstić information content (AvgIpc) is 3.45. The van der Waals surface area contributed by atoms with Gasteiger partial charge in [-0.1, -0.05) is 0 Å². The minimum absolute atomic E-state index is 0.0571. The van der Waals surface area contributed by atoms with E-state index in [1.807, 2.05) is 19.2 Å². The topological polar surface area (TPSA) is 128 Å². The van der Waals surface area contributed by atoms with Crippen LogP contribution < -0.4 is 20.4 Å². The lowest BCUT2D eigenvalue weighted by Gasteiger charge is -2.41. The predicted molar refractivity (Wildman–Crippen MR) is 130 cm³/mol. The second kappa shape index (κ2) is 9.84. The van der Waals surface area contributed by atoms with Crippen LogP contribution in [0.4, 0.5) is 35.2 Å². The summed E-state index contributed by atoms with van der Waals surface area (Å²) in [7, 11) is 0. The van der Waals surface area contributed by atoms with E-state index in [-0.39, 0.29) is 11.6 Å². The Morgan fingerprint density at radius 3 is 2.62 bits per heavy atom. The quantitative estimate of drug-likeness (QED) is 0.471. The summed E-state index contributed by atoms with van der Waals surface area (Å²) in [6.45, 7) is 9.81. The van der Waals surface area contributed by atoms with Crippen molar-refractivity contribution in [2.45, 2.75) is 38.9 Å². The van der Waals surface area contributed by atoms with Gasteiger partial charge in [0.2, 0.25) is 0 Å². The summed E-state index contributed by atoms with van der Waals surface area (Å²) in [5.74, 6) is -2.01. The second-order valence-electron chi connectivity index (χ2n) is 9.43. The zero-order chi connectivity index (χ0) is 27.0. The number of hydrogen-bond donors (Lipinski definition) is 3. The van der Waals surface area contributed by atoms with Crippen LogP contribution in [0.2, 0.25) is 0 Å². The minimum Gasteiger partial charge on any atom is -0.475 e. The second-order valence-corrected chi connectivity index (χ2v) is 9.43. The van der Waals surface area contributed by atoms with E-state index in [1.54, 1.807) is 15.6 Å². The first kappa shape index (κ1) is 26.1. The van der Waals surface area contributed by atoms with Crippen molar-refractivity contribution in [1.82, 2.24) is 24.9 Å². The van der Waals surface area contributed by atoms with Crippen molar-refractivity contribution in [3.8, 4) is 0 Å². The van der Waals surface area contributed by atoms with Crippen LogP contribution in [0, 0.1) is 6.92 Å². The summed E-state index contributed by atoms with van der Waals surface area (Å²) in [6, 6.07) is 3.80. The molecule has 14 heteroatoms. The number of aliphatic carboxylic acids is 1. The predicted octanol–water partition coefficient (Wildman–Crippen LogP) is 2.85. The molecule has 0 radical (unpaired) electrons. The van der Waals surface area contributed by atoms with E-state index in [9.17, 15) is 18.0 Å². The van der Waals surface area contributed by atoms with Gasteiger partial charge in [-0.25, -0.2) is 24.1 Å². The third-order valence-electron chi connectivity index (χ3n) is 6.11. The van der Waals surface area contributed by atoms with E-state index in [1.165, 1.54) is 12.0 Å². The van der Waals surface area contributed by atoms with Crippen LogP contribution in [0.5, 0.6) is 0 Å². The smallest absolute Gasteiger partial charge is 0.475 e. The van der Waals surface area contributed by atoms with E-state index in [0.717, 1.165) is 48.6 Å². The lowest BCUT2D eigenvalue weighted by atomic mass is 10.0. The number of fused-ring (bicyclic) bond motifs is 2. The zero-order valence-electron chi connectivity index (χ0n) is 20.5. The Bertz CT molecular complexity index is 1320. The summed E-state index contributed by atoms with van der Waals surface area (Å²) in [4.78, 5) is 34.9. The maximum atomic E-state index is 13.1. The molecule has 1 fully saturated rings. The monoisotopic (exact) mass is 520 g/mol. The molecule has 0 aromatic carbocycles. The number of aryl methyl sites for hydroxylation is 1. The van der Waals surface area contributed by atoms with Crippen molar-refractivity contribution in [3.63, 3.8) is 0 Å². The Morgan fingerprint density at radius 2 is 1.95 bits per heavy atom. The molecule has 5 heterocycles. The van der Waals surface area contributed by atoms with Gasteiger partial charge < -0.3 is 20.6 Å². The Balaban J connectivity index is 0.000000405. The van der Waals surface area contributed by atoms with Crippen molar-refractivity contribution in [3.05, 3.63) is 42.0 Å². The van der Waals surface area contributed by atoms with Crippen LogP contribution in [-0.2, 0) is 11.2 Å². The number of piperazine rings is 1. The molecule has 2 aliphatic rings. The van der Waals surface area contributed by atoms with Gasteiger partial charge in [0.15, 0.2) is 5.65 Å². The Morgan fingerprint density at radius 1 is 1.22 bits per heavy atom. The number of pyridine rings is 2. The molecule has 3 aromatic rings. The molecule has 11 nitrogen and oxygen atoms in total. The highest BCUT2D eigenvalue weighted by molar-refractivity contribution is 6.03. The van der Waals surface area contributed by atoms with Crippen molar-refractivity contribution >= 4 is 34.8 Å². The van der Waals surface area contributed by atoms with Crippen molar-refractivity contribution in [1.29, 1.82) is 0 Å². The summed E-state index contributed by atoms with van der Waals surface area (Å²) in [5.41, 5.74) is 4.79. The molecule has 0 saturated carbocycles. The SMILES string of the molecule is Cc1cc2ncnn2cc1NC(=O)N1CCc2c(N3CCNC(C)(C)C3)ccnc21.O=C(O)C(F)(F)F. The van der Waals surface area contributed by atoms with Crippen molar-refractivity contribution < 1.29 is 27.9 Å². The van der Waals surface area contributed by atoms with Crippen LogP contribution in [-0.4, -0.2) is 74.6 Å². The van der Waals surface area contributed by atoms with Gasteiger partial charge in [-0.15, -0.1) is 0 Å². The number of rotatable bonds is 2. The number of anilines is 3. The van der Waals surface area contributed by atoms with Gasteiger partial charge in [0.05, 0.1) is 11.9 Å². The maximum absolute atomic E-state index is 13.1. The molecule has 0 bridgehead atoms. The van der Waals surface area contributed by atoms with Crippen LogP contribution >= 0.6 is 0 Å². The normalized spacial score (nSPS) is 16.7. The fraction of sp³-hybridized carbons (Fsp3) is 0.435. The minimum atomic E-state index is -5.08. The highest BCUT2D eigenvalue weighted by Crippen LogP contribution is 2.35. The molecule has 3 N–H and O–H groups in total. The van der Waals surface area contributed by atoms with E-state index in [4.69, 9.17) is 9.90 Å². The van der Waals surface area contributed by atoms with E-state index >= 15 is 0 Å². The molecule has 198 valence electrons. The van der Waals surface area contributed by atoms with Crippen LogP contribution in [0.25, 0.3) is 5.65 Å². The number of carboxylic acids is 1. The number of carbonyl (C=O) groups is 2. The number of aromatic nitrogens is 4. The van der Waals surface area contributed by atoms with E-state index in [2.05, 4.69) is 50.5 Å². The molecule has 0 unspecified atom stereocenters. The fourth-order valence-electron chi connectivity index (χ4n) is 4.39. The van der Waals surface area contributed by atoms with E-state index < -0.39 is 12.1 Å². The summed E-state index contributed by atoms with van der Waals surface area (Å²) in [5, 5.41) is 17.9. The number of carboxylic acid groups (broad SMARTS) is 1. The van der Waals surface area contributed by atoms with Gasteiger partial charge in [-0.3, -0.25) is 4.90 Å². The summed E-state index contributed by atoms with van der Waals surface area (Å²) >= 11 is 0. The Kier molecular flexibility index (Phi) is 6.95. The third kappa shape index (κ3) is 5.74. The number of halogens is 3. The lowest BCUT2D eigenvalue weighted by molar-refractivity contribution is -0.192. The summed E-state index contributed by atoms with van der Waals surface area (Å²) in [6.07, 6.45) is 0.818. The molecule has 0 aliphatic carbocycles. The number of amides is 2. The van der Waals surface area contributed by atoms with Gasteiger partial charge in [0.25, 0.3) is 0 Å². The number of hydrogen-bond acceptors (Lipinski definition) is 7. The number of alkyl halides is 3. The molecular weight excluding hydrogens is 493 g/mol. The largest absolute Gasteiger partial charge is 0.490 e. The molecule has 37 heavy (non-hydrogen) atoms. The van der Waals surface area contributed by atoms with Crippen molar-refractivity contribution in [2.75, 3.05) is 41.3 Å². The standard InChI is InChI=1S/C21H26N8O.C2HF3O2/c1-14-10-18-23-13-25-29(18)11-16(14)26-20(30)28-8-5-15-17(4-6-22-19(15)28)27-9-7-24-21(2,3)12-27;3-2(4,5)1(6)7/h4,6,10-11,13,24H,5,7-9,12H2,1-3H3,(H,26,30);(H,6,7). The van der Waals surface area contributed by atoms with E-state index in [0.29, 0.717) is 12.2 Å². The number of nitrogens with zero attached hydrogens (tertiary/aromatic N) is 6. The van der Waals surface area contributed by atoms with Crippen LogP contribution in [0.1, 0.15) is 25.0 Å². The average molecular weight is 521 g/mol. The molecule has 2 amide bonds. The number of carbonyl (C=O) groups excluding carboxylic acids is 1. The van der Waals surface area contributed by atoms with Gasteiger partial charge >= 0.3 is 18.2 Å². The van der Waals surface area contributed by atoms with Crippen LogP contribution in [0.3, 0.4) is 0 Å². The first-order chi connectivity index (χ1) is 17.4. The van der Waals surface area contributed by atoms with Gasteiger partial charge in [0.1, 0.15) is 12.1 Å². The van der Waals surface area contributed by atoms with Gasteiger partial charge in [-0.05, 0) is 44.9 Å². The highest BCUT2D eigenvalue weighted by Gasteiger charge is 2.38. The number of urea groups is 1. The highest BCUT2D eigenvalue weighted by atomic mass is 19.4. The molecule has 2 aliphatic heterocycles. The summed E-state index contributed by atoms with van der Waals surface area (Å²) < 4.78 is 33.4. The molecule has 3 aromatic heterocycles. The molecule has 5 rings (SSSR count). The Hall–Kier alpha value is -3.94. The molecule has 1 saturated heterocycles. The molecular formula is C23H27F3N8O3.